The van der Waals surface area contributed by atoms with Crippen molar-refractivity contribution < 1.29 is 17.5 Å². The highest BCUT2D eigenvalue weighted by Gasteiger charge is 2.24. The zero-order valence-electron chi connectivity index (χ0n) is 11.4. The minimum Gasteiger partial charge on any atom is -0.492 e. The van der Waals surface area contributed by atoms with Gasteiger partial charge in [0.25, 0.3) is 0 Å². The lowest BCUT2D eigenvalue weighted by Crippen LogP contribution is -2.27. The lowest BCUT2D eigenvalue weighted by Gasteiger charge is -2.17. The van der Waals surface area contributed by atoms with Crippen LogP contribution < -0.4 is 10.5 Å². The van der Waals surface area contributed by atoms with E-state index in [9.17, 15) is 12.8 Å². The van der Waals surface area contributed by atoms with Gasteiger partial charge in [-0.25, -0.2) is 17.8 Å². The molecular weight excluding hydrogens is 301 g/mol. The zero-order chi connectivity index (χ0) is 15.6. The van der Waals surface area contributed by atoms with Crippen molar-refractivity contribution in [3.63, 3.8) is 0 Å². The van der Waals surface area contributed by atoms with Crippen molar-refractivity contribution in [1.29, 1.82) is 0 Å². The summed E-state index contributed by atoms with van der Waals surface area (Å²) in [6, 6.07) is 2.01. The molecule has 0 aliphatic carbocycles. The molecule has 0 saturated carbocycles. The van der Waals surface area contributed by atoms with Crippen LogP contribution in [0, 0.1) is 5.82 Å². The number of aromatic amines is 1. The lowest BCUT2D eigenvalue weighted by molar-refractivity contribution is 0.387. The third kappa shape index (κ3) is 2.95. The van der Waals surface area contributed by atoms with Crippen molar-refractivity contribution in [3.05, 3.63) is 30.1 Å². The van der Waals surface area contributed by atoms with Gasteiger partial charge in [0.15, 0.2) is 11.6 Å². The van der Waals surface area contributed by atoms with E-state index < -0.39 is 15.8 Å². The van der Waals surface area contributed by atoms with Crippen LogP contribution >= 0.6 is 0 Å². The summed E-state index contributed by atoms with van der Waals surface area (Å²) < 4.78 is 44.3. The number of sulfonamides is 1. The van der Waals surface area contributed by atoms with Crippen molar-refractivity contribution in [3.8, 4) is 5.75 Å². The summed E-state index contributed by atoms with van der Waals surface area (Å²) in [5.74, 6) is -0.668. The van der Waals surface area contributed by atoms with Crippen molar-refractivity contribution in [2.45, 2.75) is 11.4 Å². The second kappa shape index (κ2) is 5.66. The van der Waals surface area contributed by atoms with Gasteiger partial charge in [0.2, 0.25) is 10.0 Å². The van der Waals surface area contributed by atoms with Crippen LogP contribution in [-0.2, 0) is 16.6 Å². The molecule has 0 amide bonds. The number of H-pyrrole nitrogens is 1. The Bertz CT molecular complexity index is 709. The number of anilines is 1. The Balaban J connectivity index is 2.35. The van der Waals surface area contributed by atoms with Crippen molar-refractivity contribution >= 4 is 15.7 Å². The summed E-state index contributed by atoms with van der Waals surface area (Å²) >= 11 is 0. The van der Waals surface area contributed by atoms with Gasteiger partial charge in [-0.2, -0.15) is 9.40 Å². The fourth-order valence-electron chi connectivity index (χ4n) is 1.74. The Labute approximate surface area is 120 Å². The third-order valence-electron chi connectivity index (χ3n) is 2.80. The van der Waals surface area contributed by atoms with E-state index in [-0.39, 0.29) is 22.9 Å². The quantitative estimate of drug-likeness (QED) is 0.770. The van der Waals surface area contributed by atoms with Crippen LogP contribution in [-0.4, -0.2) is 42.1 Å². The number of aromatic nitrogens is 3. The van der Waals surface area contributed by atoms with E-state index in [0.29, 0.717) is 5.82 Å². The van der Waals surface area contributed by atoms with Gasteiger partial charge in [-0.05, 0) is 12.1 Å². The van der Waals surface area contributed by atoms with E-state index >= 15 is 0 Å². The maximum atomic E-state index is 13.8. The Kier molecular flexibility index (Phi) is 4.09. The largest absolute Gasteiger partial charge is 0.492 e. The monoisotopic (exact) mass is 315 g/mol. The highest BCUT2D eigenvalue weighted by atomic mass is 32.2. The lowest BCUT2D eigenvalue weighted by atomic mass is 10.3. The Morgan fingerprint density at radius 3 is 2.71 bits per heavy atom. The number of nitrogen functional groups attached to an aromatic ring is 1. The summed E-state index contributed by atoms with van der Waals surface area (Å²) in [5.41, 5.74) is 5.50. The van der Waals surface area contributed by atoms with Crippen LogP contribution in [0.3, 0.4) is 0 Å². The van der Waals surface area contributed by atoms with Crippen LogP contribution in [0.5, 0.6) is 5.75 Å². The third-order valence-corrected chi connectivity index (χ3v) is 4.58. The summed E-state index contributed by atoms with van der Waals surface area (Å²) in [6.07, 6.45) is 1.26. The van der Waals surface area contributed by atoms with Gasteiger partial charge in [0.1, 0.15) is 12.2 Å². The van der Waals surface area contributed by atoms with E-state index in [1.165, 1.54) is 20.5 Å². The number of nitrogens with zero attached hydrogens (tertiary/aromatic N) is 3. The minimum absolute atomic E-state index is 0.0319. The van der Waals surface area contributed by atoms with E-state index in [1.54, 1.807) is 0 Å². The first-order valence-electron chi connectivity index (χ1n) is 5.80. The standard InChI is InChI=1S/C11H14FN5O3S/c1-17(5-10-14-6-15-16-10)21(18,19)7-3-8(12)11(20-2)9(13)4-7/h3-4,6H,5,13H2,1-2H3,(H,14,15,16). The maximum absolute atomic E-state index is 13.8. The molecule has 0 unspecified atom stereocenters. The number of halogens is 1. The van der Waals surface area contributed by atoms with Crippen LogP contribution in [0.4, 0.5) is 10.1 Å². The number of nitrogens with one attached hydrogen (secondary N) is 1. The van der Waals surface area contributed by atoms with Crippen LogP contribution in [0.15, 0.2) is 23.4 Å². The van der Waals surface area contributed by atoms with E-state index in [0.717, 1.165) is 16.4 Å². The zero-order valence-corrected chi connectivity index (χ0v) is 12.2. The van der Waals surface area contributed by atoms with Crippen molar-refractivity contribution in [1.82, 2.24) is 19.5 Å². The van der Waals surface area contributed by atoms with Gasteiger partial charge in [-0.15, -0.1) is 0 Å². The van der Waals surface area contributed by atoms with Crippen LogP contribution in [0.25, 0.3) is 0 Å². The number of nitrogens with two attached hydrogens (primary N) is 1. The fraction of sp³-hybridized carbons (Fsp3) is 0.273. The topological polar surface area (TPSA) is 114 Å². The molecule has 1 heterocycles. The summed E-state index contributed by atoms with van der Waals surface area (Å²) in [5, 5.41) is 6.17. The van der Waals surface area contributed by atoms with Gasteiger partial charge in [0, 0.05) is 7.05 Å². The number of hydrogen-bond acceptors (Lipinski definition) is 6. The molecule has 2 aromatic rings. The maximum Gasteiger partial charge on any atom is 0.243 e. The van der Waals surface area contributed by atoms with E-state index in [4.69, 9.17) is 10.5 Å². The first-order valence-corrected chi connectivity index (χ1v) is 7.24. The molecule has 0 radical (unpaired) electrons. The Hall–Kier alpha value is -2.20. The molecule has 1 aromatic heterocycles. The number of ether oxygens (including phenoxy) is 1. The molecule has 0 aliphatic rings. The Morgan fingerprint density at radius 2 is 2.19 bits per heavy atom. The molecule has 1 aromatic carbocycles. The molecule has 3 N–H and O–H groups in total. The number of benzene rings is 1. The van der Waals surface area contributed by atoms with E-state index in [2.05, 4.69) is 15.2 Å². The summed E-state index contributed by atoms with van der Waals surface area (Å²) in [4.78, 5) is 3.57. The average molecular weight is 315 g/mol. The molecule has 0 aliphatic heterocycles. The SMILES string of the molecule is COc1c(N)cc(S(=O)(=O)N(C)Cc2ncn[nH]2)cc1F. The average Bonchev–Trinajstić information content (AvgIpc) is 2.91. The number of rotatable bonds is 5. The van der Waals surface area contributed by atoms with Gasteiger partial charge in [-0.3, -0.25) is 5.10 Å². The van der Waals surface area contributed by atoms with Gasteiger partial charge < -0.3 is 10.5 Å². The van der Waals surface area contributed by atoms with Crippen LogP contribution in [0.1, 0.15) is 5.82 Å². The molecule has 114 valence electrons. The normalized spacial score (nSPS) is 11.8. The predicted molar refractivity (Wildman–Crippen MR) is 72.4 cm³/mol. The first-order chi connectivity index (χ1) is 9.86. The number of methoxy groups -OCH3 is 1. The molecule has 21 heavy (non-hydrogen) atoms. The summed E-state index contributed by atoms with van der Waals surface area (Å²) in [6.45, 7) is -0.0319. The van der Waals surface area contributed by atoms with Gasteiger partial charge in [-0.1, -0.05) is 0 Å². The second-order valence-electron chi connectivity index (χ2n) is 4.22. The predicted octanol–water partition coefficient (Wildman–Crippen LogP) is 0.355. The molecule has 8 nitrogen and oxygen atoms in total. The van der Waals surface area contributed by atoms with Crippen molar-refractivity contribution in [2.75, 3.05) is 19.9 Å². The molecule has 0 atom stereocenters. The molecule has 0 fully saturated rings. The van der Waals surface area contributed by atoms with Crippen LogP contribution in [0.2, 0.25) is 0 Å². The number of hydrogen-bond donors (Lipinski definition) is 2. The van der Waals surface area contributed by atoms with Gasteiger partial charge in [0.05, 0.1) is 24.2 Å². The molecule has 0 saturated heterocycles. The minimum atomic E-state index is -3.92. The molecular formula is C11H14FN5O3S. The fourth-order valence-corrected chi connectivity index (χ4v) is 2.92. The van der Waals surface area contributed by atoms with Crippen molar-refractivity contribution in [2.24, 2.45) is 0 Å². The molecule has 0 bridgehead atoms. The van der Waals surface area contributed by atoms with E-state index in [1.807, 2.05) is 0 Å². The second-order valence-corrected chi connectivity index (χ2v) is 6.27. The first kappa shape index (κ1) is 15.2. The highest BCUT2D eigenvalue weighted by Crippen LogP contribution is 2.29. The summed E-state index contributed by atoms with van der Waals surface area (Å²) in [7, 11) is -1.32. The highest BCUT2D eigenvalue weighted by molar-refractivity contribution is 7.89. The Morgan fingerprint density at radius 1 is 1.48 bits per heavy atom. The molecule has 0 spiro atoms. The smallest absolute Gasteiger partial charge is 0.243 e. The molecule has 10 heteroatoms. The van der Waals surface area contributed by atoms with Gasteiger partial charge >= 0.3 is 0 Å². The molecule has 2 rings (SSSR count).